The first-order chi connectivity index (χ1) is 28.8. The van der Waals surface area contributed by atoms with Crippen molar-refractivity contribution in [1.29, 1.82) is 0 Å². The van der Waals surface area contributed by atoms with E-state index in [2.05, 4.69) is 50.9 Å². The molecule has 0 saturated heterocycles. The molecule has 0 bridgehead atoms. The van der Waals surface area contributed by atoms with Gasteiger partial charge in [-0.2, -0.15) is 13.2 Å². The number of anilines is 2. The topological polar surface area (TPSA) is 231 Å². The predicted molar refractivity (Wildman–Crippen MR) is 224 cm³/mol. The van der Waals surface area contributed by atoms with E-state index in [1.165, 1.54) is 25.5 Å². The summed E-state index contributed by atoms with van der Waals surface area (Å²) in [4.78, 5) is 32.9. The Morgan fingerprint density at radius 1 is 0.797 bits per heavy atom. The zero-order valence-electron chi connectivity index (χ0n) is 35.9. The Morgan fingerprint density at radius 2 is 1.20 bits per heavy atom. The molecular weight excluding hydrogens is 943 g/mol. The zero-order chi connectivity index (χ0) is 45.6. The number of hydrazine groups is 4. The molecule has 0 saturated carbocycles. The maximum absolute atomic E-state index is 11.1. The molecule has 0 radical (unpaired) electrons. The van der Waals surface area contributed by atoms with Crippen LogP contribution in [0.25, 0.3) is 11.4 Å². The zero-order valence-corrected chi connectivity index (χ0v) is 42.7. The van der Waals surface area contributed by atoms with Gasteiger partial charge in [0.1, 0.15) is 17.5 Å². The van der Waals surface area contributed by atoms with Gasteiger partial charge >= 0.3 is 108 Å². The molecule has 6 rings (SSSR count). The number of nitrogens with one attached hydrogen (secondary N) is 4. The van der Waals surface area contributed by atoms with Gasteiger partial charge in [0.15, 0.2) is 16.8 Å². The monoisotopic (exact) mass is 989 g/mol. The quantitative estimate of drug-likeness (QED) is 0.0200. The van der Waals surface area contributed by atoms with Crippen molar-refractivity contribution in [2.75, 3.05) is 37.5 Å². The van der Waals surface area contributed by atoms with Crippen molar-refractivity contribution in [3.05, 3.63) is 133 Å². The first-order valence-electron chi connectivity index (χ1n) is 17.2. The molecule has 5 N–H and O–H groups in total. The molecule has 0 aromatic heterocycles. The van der Waals surface area contributed by atoms with Crippen LogP contribution in [0.1, 0.15) is 33.8 Å². The second kappa shape index (κ2) is 32.4. The number of aromatic hydroxyl groups is 1. The number of ether oxygens (including phenoxy) is 1. The fourth-order valence-corrected chi connectivity index (χ4v) is 4.82. The van der Waals surface area contributed by atoms with Crippen molar-refractivity contribution in [3.63, 3.8) is 0 Å². The van der Waals surface area contributed by atoms with Crippen molar-refractivity contribution >= 4 is 62.8 Å². The number of carbonyl (C=O) groups is 3. The van der Waals surface area contributed by atoms with Gasteiger partial charge < -0.3 is 36.6 Å². The maximum atomic E-state index is 11.1. The van der Waals surface area contributed by atoms with Crippen LogP contribution in [0.15, 0.2) is 122 Å². The molecular formula is C39H47ClF3K2N8O10S-. The summed E-state index contributed by atoms with van der Waals surface area (Å²) in [6.07, 6.45) is 3.98. The fraction of sp³-hybridized carbons (Fsp3) is 0.205. The minimum absolute atomic E-state index is 0. The molecule has 2 aliphatic heterocycles. The van der Waals surface area contributed by atoms with E-state index in [-0.39, 0.29) is 136 Å². The van der Waals surface area contributed by atoms with Crippen LogP contribution in [0.3, 0.4) is 0 Å². The normalized spacial score (nSPS) is 12.3. The molecule has 2 aliphatic rings. The summed E-state index contributed by atoms with van der Waals surface area (Å²) in [5.74, 6) is 0.588. The number of halogens is 4. The van der Waals surface area contributed by atoms with Crippen molar-refractivity contribution < 1.29 is 165 Å². The molecule has 340 valence electrons. The second-order valence-corrected chi connectivity index (χ2v) is 13.6. The van der Waals surface area contributed by atoms with Gasteiger partial charge in [-0.1, -0.05) is 80.2 Å². The van der Waals surface area contributed by atoms with Gasteiger partial charge in [0.25, 0.3) is 6.47 Å². The van der Waals surface area contributed by atoms with Gasteiger partial charge in [-0.05, 0) is 24.3 Å². The van der Waals surface area contributed by atoms with Gasteiger partial charge in [0.05, 0.1) is 11.4 Å². The third-order valence-electron chi connectivity index (χ3n) is 7.12. The summed E-state index contributed by atoms with van der Waals surface area (Å²) in [5, 5.41) is 30.2. The standard InChI is InChI=1S/C18H20N4O2.C10H12ClN3.C8H9NO2.CHF3O3S.CH2O3.CH4.2K.H/c1-14(23)19-16-9-6-10-17(11-16)24-13-22-12-18(21(2)20-22)15-7-4-3-5-8-15;1-13-10(7-14(8-11)12-13)9-5-3-2-4-6-9;1-6(10)9-7-3-2-4-8(11)5-7;2-1(3,4)8(5,6)7;2-1-4-3;;;;/h3-12,20H,13H2,1-2H3,(H,19,23);2-7,12H,8H2,1H3;2-5,11H,1H3,(H,9,10);(H,5,6,7);1,3H;1H4;;;/q;;;;;;2*+1;-1/p-2. The minimum Gasteiger partial charge on any atom is -1.00 e. The number of hydrogen-bond acceptors (Lipinski definition) is 16. The number of rotatable bonds is 9. The largest absolute Gasteiger partial charge is 1.00 e. The molecule has 0 fully saturated rings. The maximum Gasteiger partial charge on any atom is 1.00 e. The Hall–Kier alpha value is -3.29. The van der Waals surface area contributed by atoms with Crippen LogP contribution < -0.4 is 134 Å². The number of alkyl halides is 4. The molecule has 2 heterocycles. The van der Waals surface area contributed by atoms with E-state index in [4.69, 9.17) is 44.5 Å². The Bertz CT molecular complexity index is 2200. The van der Waals surface area contributed by atoms with Crippen molar-refractivity contribution in [2.24, 2.45) is 0 Å². The van der Waals surface area contributed by atoms with E-state index in [0.29, 0.717) is 29.9 Å². The van der Waals surface area contributed by atoms with E-state index >= 15 is 0 Å². The van der Waals surface area contributed by atoms with Crippen molar-refractivity contribution in [3.8, 4) is 11.5 Å². The second-order valence-electron chi connectivity index (χ2n) is 11.9. The molecule has 0 aliphatic carbocycles. The third kappa shape index (κ3) is 24.3. The molecule has 4 aromatic rings. The predicted octanol–water partition coefficient (Wildman–Crippen LogP) is -0.911. The number of amides is 2. The van der Waals surface area contributed by atoms with Crippen molar-refractivity contribution in [1.82, 2.24) is 31.1 Å². The SMILES string of the molecule is C.CC(=O)Nc1cccc(O)c1.CC(=O)Nc1cccc(OCN2C=C(c3ccccc3)N(C)N2)c1.CN1NN(CCl)C=C1c1ccccc1.O=CO[O-].O=S(=O)([O-])C(F)(F)F.[H-].[K+].[K+]. The number of phenolic OH excluding ortho intramolecular Hbond substituents is 1. The summed E-state index contributed by atoms with van der Waals surface area (Å²) < 4.78 is 64.7. The van der Waals surface area contributed by atoms with E-state index < -0.39 is 15.6 Å². The average Bonchev–Trinajstić information content (AvgIpc) is 3.78. The first kappa shape index (κ1) is 62.8. The van der Waals surface area contributed by atoms with Gasteiger partial charge in [0.2, 0.25) is 11.8 Å². The van der Waals surface area contributed by atoms with Crippen molar-refractivity contribution in [2.45, 2.75) is 26.8 Å². The average molecular weight is 991 g/mol. The summed E-state index contributed by atoms with van der Waals surface area (Å²) in [6.45, 7) is 3.06. The Morgan fingerprint density at radius 3 is 1.58 bits per heavy atom. The molecule has 18 nitrogen and oxygen atoms in total. The molecule has 0 atom stereocenters. The van der Waals surface area contributed by atoms with Gasteiger partial charge in [-0.3, -0.25) is 34.4 Å². The van der Waals surface area contributed by atoms with Gasteiger partial charge in [0, 0.05) is 75.0 Å². The Balaban J connectivity index is -0.000000808. The van der Waals surface area contributed by atoms with E-state index in [1.54, 1.807) is 24.3 Å². The summed E-state index contributed by atoms with van der Waals surface area (Å²) >= 11 is 5.72. The molecule has 4 aromatic carbocycles. The van der Waals surface area contributed by atoms with E-state index in [9.17, 15) is 22.8 Å². The molecule has 64 heavy (non-hydrogen) atoms. The summed E-state index contributed by atoms with van der Waals surface area (Å²) in [6, 6.07) is 34.5. The van der Waals surface area contributed by atoms with Crippen LogP contribution >= 0.6 is 11.6 Å². The smallest absolute Gasteiger partial charge is 1.00 e. The molecule has 2 amide bonds. The van der Waals surface area contributed by atoms with E-state index in [1.807, 2.05) is 101 Å². The van der Waals surface area contributed by atoms with Crippen LogP contribution in [-0.2, 0) is 29.4 Å². The number of hydrogen-bond donors (Lipinski definition) is 5. The fourth-order valence-electron chi connectivity index (χ4n) is 4.70. The van der Waals surface area contributed by atoms with Crippen LogP contribution in [-0.4, -0.2) is 88.7 Å². The van der Waals surface area contributed by atoms with Crippen LogP contribution in [0.2, 0.25) is 0 Å². The Kier molecular flexibility index (Phi) is 31.8. The number of carbonyl (C=O) groups excluding carboxylic acids is 3. The van der Waals surface area contributed by atoms with Crippen LogP contribution in [0, 0.1) is 0 Å². The molecule has 25 heteroatoms. The van der Waals surface area contributed by atoms with E-state index in [0.717, 1.165) is 17.0 Å². The third-order valence-corrected chi connectivity index (χ3v) is 7.94. The number of benzene rings is 4. The summed E-state index contributed by atoms with van der Waals surface area (Å²) in [7, 11) is -2.17. The minimum atomic E-state index is -6.09. The van der Waals surface area contributed by atoms with Crippen LogP contribution in [0.5, 0.6) is 11.5 Å². The Labute approximate surface area is 461 Å². The summed E-state index contributed by atoms with van der Waals surface area (Å²) in [5.41, 5.74) is 6.45. The first-order valence-corrected chi connectivity index (χ1v) is 19.2. The van der Waals surface area contributed by atoms with Gasteiger partial charge in [-0.25, -0.2) is 8.42 Å². The van der Waals surface area contributed by atoms with Gasteiger partial charge in [-0.15, -0.1) is 22.7 Å². The number of nitrogens with zero attached hydrogens (tertiary/aromatic N) is 4. The molecule has 0 spiro atoms. The molecule has 0 unspecified atom stereocenters. The number of phenols is 1. The van der Waals surface area contributed by atoms with Crippen LogP contribution in [0.4, 0.5) is 24.5 Å².